The number of hydrogen-bond acceptors (Lipinski definition) is 3. The smallest absolute Gasteiger partial charge is 0.308 e. The summed E-state index contributed by atoms with van der Waals surface area (Å²) in [6.07, 6.45) is 1.82. The van der Waals surface area contributed by atoms with Crippen LogP contribution >= 0.6 is 0 Å². The van der Waals surface area contributed by atoms with Crippen LogP contribution in [-0.2, 0) is 9.53 Å². The highest BCUT2D eigenvalue weighted by Crippen LogP contribution is 2.37. The van der Waals surface area contributed by atoms with Crippen molar-refractivity contribution >= 4 is 5.97 Å². The maximum absolute atomic E-state index is 11.1. The lowest BCUT2D eigenvalue weighted by Gasteiger charge is -2.10. The third-order valence-corrected chi connectivity index (χ3v) is 2.35. The first-order chi connectivity index (χ1) is 5.20. The molecule has 3 atom stereocenters. The van der Waals surface area contributed by atoms with E-state index >= 15 is 0 Å². The molecule has 0 radical (unpaired) electrons. The van der Waals surface area contributed by atoms with Gasteiger partial charge in [-0.2, -0.15) is 0 Å². The van der Waals surface area contributed by atoms with Crippen LogP contribution in [0.2, 0.25) is 0 Å². The van der Waals surface area contributed by atoms with Crippen LogP contribution in [0.25, 0.3) is 0 Å². The Morgan fingerprint density at radius 1 is 1.82 bits per heavy atom. The zero-order valence-corrected chi connectivity index (χ0v) is 7.04. The topological polar surface area (TPSA) is 52.3 Å². The molecule has 0 aromatic heterocycles. The number of ether oxygens (including phenoxy) is 1. The van der Waals surface area contributed by atoms with Gasteiger partial charge in [-0.3, -0.25) is 4.79 Å². The summed E-state index contributed by atoms with van der Waals surface area (Å²) in [5.41, 5.74) is 5.63. The Bertz CT molecular complexity index is 158. The van der Waals surface area contributed by atoms with Gasteiger partial charge in [0.15, 0.2) is 0 Å². The van der Waals surface area contributed by atoms with Gasteiger partial charge in [-0.1, -0.05) is 6.92 Å². The molecule has 11 heavy (non-hydrogen) atoms. The normalized spacial score (nSPS) is 31.2. The van der Waals surface area contributed by atoms with E-state index in [2.05, 4.69) is 4.74 Å². The van der Waals surface area contributed by atoms with Crippen molar-refractivity contribution in [2.75, 3.05) is 7.11 Å². The van der Waals surface area contributed by atoms with Crippen LogP contribution in [0.15, 0.2) is 0 Å². The molecule has 1 saturated carbocycles. The molecule has 2 N–H and O–H groups in total. The summed E-state index contributed by atoms with van der Waals surface area (Å²) in [5, 5.41) is 0. The van der Waals surface area contributed by atoms with E-state index in [1.165, 1.54) is 7.11 Å². The predicted octanol–water partition coefficient (Wildman–Crippen LogP) is 0.533. The van der Waals surface area contributed by atoms with Crippen molar-refractivity contribution in [3.8, 4) is 0 Å². The van der Waals surface area contributed by atoms with Crippen LogP contribution < -0.4 is 5.73 Å². The zero-order valence-electron chi connectivity index (χ0n) is 7.04. The standard InChI is InChI=1S/C8H15NO2/c1-3-5(8(10)11-2)6-4-7(6)9/h5-7H,3-4,9H2,1-2H3. The number of carbonyl (C=O) groups excluding carboxylic acids is 1. The number of esters is 1. The molecule has 3 unspecified atom stereocenters. The number of rotatable bonds is 3. The average molecular weight is 157 g/mol. The minimum absolute atomic E-state index is 0.0370. The molecular formula is C8H15NO2. The molecule has 1 aliphatic rings. The molecule has 3 nitrogen and oxygen atoms in total. The molecule has 64 valence electrons. The second kappa shape index (κ2) is 3.22. The Hall–Kier alpha value is -0.570. The lowest BCUT2D eigenvalue weighted by Crippen LogP contribution is -2.20. The first-order valence-electron chi connectivity index (χ1n) is 4.04. The van der Waals surface area contributed by atoms with Crippen LogP contribution in [0.1, 0.15) is 19.8 Å². The van der Waals surface area contributed by atoms with Gasteiger partial charge in [0.25, 0.3) is 0 Å². The van der Waals surface area contributed by atoms with Gasteiger partial charge in [0.1, 0.15) is 0 Å². The maximum Gasteiger partial charge on any atom is 0.308 e. The van der Waals surface area contributed by atoms with Crippen molar-refractivity contribution in [3.05, 3.63) is 0 Å². The second-order valence-electron chi connectivity index (χ2n) is 3.10. The average Bonchev–Trinajstić information content (AvgIpc) is 2.68. The van der Waals surface area contributed by atoms with Crippen LogP contribution in [0, 0.1) is 11.8 Å². The third kappa shape index (κ3) is 1.71. The number of methoxy groups -OCH3 is 1. The van der Waals surface area contributed by atoms with E-state index < -0.39 is 0 Å². The van der Waals surface area contributed by atoms with Crippen LogP contribution in [-0.4, -0.2) is 19.1 Å². The fraction of sp³-hybridized carbons (Fsp3) is 0.875. The van der Waals surface area contributed by atoms with Crippen molar-refractivity contribution in [2.45, 2.75) is 25.8 Å². The summed E-state index contributed by atoms with van der Waals surface area (Å²) in [6, 6.07) is 0.235. The molecule has 0 aliphatic heterocycles. The highest BCUT2D eigenvalue weighted by Gasteiger charge is 2.43. The van der Waals surface area contributed by atoms with Gasteiger partial charge in [-0.15, -0.1) is 0 Å². The fourth-order valence-electron chi connectivity index (χ4n) is 1.49. The van der Waals surface area contributed by atoms with E-state index in [0.717, 1.165) is 12.8 Å². The molecule has 0 spiro atoms. The molecule has 0 saturated heterocycles. The Morgan fingerprint density at radius 3 is 2.64 bits per heavy atom. The van der Waals surface area contributed by atoms with E-state index in [9.17, 15) is 4.79 Å². The third-order valence-electron chi connectivity index (χ3n) is 2.35. The first-order valence-corrected chi connectivity index (χ1v) is 4.04. The summed E-state index contributed by atoms with van der Waals surface area (Å²) >= 11 is 0. The number of carbonyl (C=O) groups is 1. The first kappa shape index (κ1) is 8.53. The minimum atomic E-state index is -0.106. The van der Waals surface area contributed by atoms with Gasteiger partial charge in [-0.05, 0) is 18.8 Å². The predicted molar refractivity (Wildman–Crippen MR) is 41.9 cm³/mol. The Kier molecular flexibility index (Phi) is 2.49. The summed E-state index contributed by atoms with van der Waals surface area (Å²) < 4.78 is 4.66. The van der Waals surface area contributed by atoms with E-state index in [1.54, 1.807) is 0 Å². The van der Waals surface area contributed by atoms with Crippen molar-refractivity contribution in [1.82, 2.24) is 0 Å². The highest BCUT2D eigenvalue weighted by atomic mass is 16.5. The molecule has 1 aliphatic carbocycles. The van der Waals surface area contributed by atoms with Gasteiger partial charge in [0.05, 0.1) is 13.0 Å². The SMILES string of the molecule is CCC(C(=O)OC)C1CC1N. The summed E-state index contributed by atoms with van der Waals surface area (Å²) in [7, 11) is 1.43. The lowest BCUT2D eigenvalue weighted by atomic mass is 10.0. The largest absolute Gasteiger partial charge is 0.469 e. The Balaban J connectivity index is 2.43. The fourth-order valence-corrected chi connectivity index (χ4v) is 1.49. The number of nitrogens with two attached hydrogens (primary N) is 1. The Labute approximate surface area is 66.9 Å². The van der Waals surface area contributed by atoms with Crippen molar-refractivity contribution in [3.63, 3.8) is 0 Å². The second-order valence-corrected chi connectivity index (χ2v) is 3.10. The van der Waals surface area contributed by atoms with Crippen molar-refractivity contribution < 1.29 is 9.53 Å². The molecule has 1 rings (SSSR count). The molecule has 1 fully saturated rings. The maximum atomic E-state index is 11.1. The highest BCUT2D eigenvalue weighted by molar-refractivity contribution is 5.73. The van der Waals surface area contributed by atoms with Crippen molar-refractivity contribution in [2.24, 2.45) is 17.6 Å². The quantitative estimate of drug-likeness (QED) is 0.608. The molecule has 0 aromatic rings. The van der Waals surface area contributed by atoms with E-state index in [0.29, 0.717) is 5.92 Å². The van der Waals surface area contributed by atoms with Gasteiger partial charge in [-0.25, -0.2) is 0 Å². The van der Waals surface area contributed by atoms with E-state index in [1.807, 2.05) is 6.92 Å². The molecule has 0 amide bonds. The summed E-state index contributed by atoms with van der Waals surface area (Å²) in [4.78, 5) is 11.1. The zero-order chi connectivity index (χ0) is 8.43. The molecule has 0 heterocycles. The van der Waals surface area contributed by atoms with Crippen molar-refractivity contribution in [1.29, 1.82) is 0 Å². The van der Waals surface area contributed by atoms with Gasteiger partial charge in [0, 0.05) is 6.04 Å². The van der Waals surface area contributed by atoms with E-state index in [4.69, 9.17) is 5.73 Å². The van der Waals surface area contributed by atoms with Gasteiger partial charge < -0.3 is 10.5 Å². The van der Waals surface area contributed by atoms with Crippen LogP contribution in [0.3, 0.4) is 0 Å². The summed E-state index contributed by atoms with van der Waals surface area (Å²) in [5.74, 6) is 0.313. The van der Waals surface area contributed by atoms with Crippen LogP contribution in [0.5, 0.6) is 0 Å². The summed E-state index contributed by atoms with van der Waals surface area (Å²) in [6.45, 7) is 1.99. The number of hydrogen-bond donors (Lipinski definition) is 1. The van der Waals surface area contributed by atoms with Gasteiger partial charge >= 0.3 is 5.97 Å². The minimum Gasteiger partial charge on any atom is -0.469 e. The monoisotopic (exact) mass is 157 g/mol. The molecule has 0 aromatic carbocycles. The van der Waals surface area contributed by atoms with Gasteiger partial charge in [0.2, 0.25) is 0 Å². The van der Waals surface area contributed by atoms with E-state index in [-0.39, 0.29) is 17.9 Å². The lowest BCUT2D eigenvalue weighted by molar-refractivity contribution is -0.146. The molecule has 3 heteroatoms. The molecule has 0 bridgehead atoms. The van der Waals surface area contributed by atoms with Crippen LogP contribution in [0.4, 0.5) is 0 Å². The molecular weight excluding hydrogens is 142 g/mol. The Morgan fingerprint density at radius 2 is 2.36 bits per heavy atom.